The van der Waals surface area contributed by atoms with Crippen LogP contribution in [-0.4, -0.2) is 40.5 Å². The molecular formula is C41H32N2O8. The van der Waals surface area contributed by atoms with Crippen molar-refractivity contribution in [2.45, 2.75) is 24.2 Å². The molecule has 1 aliphatic heterocycles. The van der Waals surface area contributed by atoms with Crippen LogP contribution in [0.2, 0.25) is 0 Å². The Labute approximate surface area is 292 Å². The number of ether oxygens (including phenoxy) is 1. The van der Waals surface area contributed by atoms with Crippen molar-refractivity contribution in [3.63, 3.8) is 0 Å². The van der Waals surface area contributed by atoms with Gasteiger partial charge < -0.3 is 9.84 Å². The zero-order chi connectivity index (χ0) is 35.6. The number of carbonyl (C=O) groups is 4. The highest BCUT2D eigenvalue weighted by Gasteiger charge is 2.66. The molecule has 3 aliphatic carbocycles. The van der Waals surface area contributed by atoms with Crippen molar-refractivity contribution in [3.05, 3.63) is 148 Å². The number of non-ortho nitro benzene ring substituents is 1. The van der Waals surface area contributed by atoms with Crippen molar-refractivity contribution in [3.8, 4) is 11.5 Å². The predicted octanol–water partition coefficient (Wildman–Crippen LogP) is 6.34. The van der Waals surface area contributed by atoms with Crippen LogP contribution >= 0.6 is 0 Å². The predicted molar refractivity (Wildman–Crippen MR) is 187 cm³/mol. The lowest BCUT2D eigenvalue weighted by Gasteiger charge is -2.55. The minimum Gasteiger partial charge on any atom is -0.508 e. The lowest BCUT2D eigenvalue weighted by atomic mass is 9.44. The number of imide groups is 1. The molecule has 10 heteroatoms. The van der Waals surface area contributed by atoms with Crippen LogP contribution in [0.5, 0.6) is 11.5 Å². The second kappa shape index (κ2) is 12.0. The fourth-order valence-electron chi connectivity index (χ4n) is 9.19. The molecule has 254 valence electrons. The maximum absolute atomic E-state index is 15.2. The number of anilines is 1. The molecule has 10 nitrogen and oxygen atoms in total. The normalized spacial score (nSPS) is 26.8. The van der Waals surface area contributed by atoms with Gasteiger partial charge in [0.1, 0.15) is 11.5 Å². The van der Waals surface area contributed by atoms with Gasteiger partial charge in [0.05, 0.1) is 35.0 Å². The van der Waals surface area contributed by atoms with Gasteiger partial charge in [-0.25, -0.2) is 4.90 Å². The van der Waals surface area contributed by atoms with E-state index in [2.05, 4.69) is 0 Å². The first-order chi connectivity index (χ1) is 24.7. The number of fused-ring (bicyclic) bond motifs is 4. The Morgan fingerprint density at radius 2 is 1.57 bits per heavy atom. The number of methoxy groups -OCH3 is 1. The molecule has 4 aromatic rings. The van der Waals surface area contributed by atoms with E-state index in [0.717, 1.165) is 4.90 Å². The summed E-state index contributed by atoms with van der Waals surface area (Å²) in [6.07, 6.45) is 3.54. The molecule has 2 amide bonds. The standard InChI is InChI=1S/C41H32N2O8/c1-51-33-17-9-16-32(44)36(33)37-27-18-19-28-35(40(48)42(39(28)47)25-14-8-15-26(20-25)43(49)50)30(27)21-31-38(46)29(23-10-4-2-5-11-23)22-34(45)41(31,37)24-12-6-3-7-13-24/h2-18,20,22,28,30-31,35,37,44H,19,21H2,1H3/t28-,30+,31-,35-,37+,41-/m0/s1. The number of rotatable bonds is 6. The number of ketones is 2. The Morgan fingerprint density at radius 3 is 2.27 bits per heavy atom. The summed E-state index contributed by atoms with van der Waals surface area (Å²) in [5, 5.41) is 23.2. The van der Waals surface area contributed by atoms with Crippen molar-refractivity contribution in [1.82, 2.24) is 0 Å². The smallest absolute Gasteiger partial charge is 0.271 e. The minimum atomic E-state index is -1.54. The van der Waals surface area contributed by atoms with Gasteiger partial charge in [0, 0.05) is 35.1 Å². The van der Waals surface area contributed by atoms with Gasteiger partial charge in [0.2, 0.25) is 11.8 Å². The first-order valence-electron chi connectivity index (χ1n) is 16.8. The van der Waals surface area contributed by atoms with Gasteiger partial charge in [-0.1, -0.05) is 84.4 Å². The number of benzene rings is 4. The number of amides is 2. The third kappa shape index (κ3) is 4.62. The monoisotopic (exact) mass is 680 g/mol. The first kappa shape index (κ1) is 32.1. The molecule has 1 saturated carbocycles. The lowest BCUT2D eigenvalue weighted by Crippen LogP contribution is -2.58. The van der Waals surface area contributed by atoms with Gasteiger partial charge in [-0.3, -0.25) is 29.3 Å². The molecule has 8 rings (SSSR count). The highest BCUT2D eigenvalue weighted by atomic mass is 16.6. The van der Waals surface area contributed by atoms with Gasteiger partial charge >= 0.3 is 0 Å². The topological polar surface area (TPSA) is 144 Å². The fraction of sp³-hybridized carbons (Fsp3) is 0.220. The number of aromatic hydroxyl groups is 1. The first-order valence-corrected chi connectivity index (χ1v) is 16.8. The van der Waals surface area contributed by atoms with Gasteiger partial charge in [0.25, 0.3) is 5.69 Å². The number of hydrogen-bond acceptors (Lipinski definition) is 8. The van der Waals surface area contributed by atoms with E-state index in [0.29, 0.717) is 28.0 Å². The zero-order valence-electron chi connectivity index (χ0n) is 27.5. The third-order valence-electron chi connectivity index (χ3n) is 11.2. The van der Waals surface area contributed by atoms with Crippen LogP contribution in [0.15, 0.2) is 121 Å². The van der Waals surface area contributed by atoms with Gasteiger partial charge in [-0.2, -0.15) is 0 Å². The molecule has 0 radical (unpaired) electrons. The number of Topliss-reactive ketones (excluding diaryl/α,β-unsaturated/α-hetero) is 1. The van der Waals surface area contributed by atoms with Crippen molar-refractivity contribution < 1.29 is 33.9 Å². The number of nitro benzene ring substituents is 1. The second-order valence-electron chi connectivity index (χ2n) is 13.5. The quantitative estimate of drug-likeness (QED) is 0.108. The maximum atomic E-state index is 15.2. The Kier molecular flexibility index (Phi) is 7.55. The van der Waals surface area contributed by atoms with Crippen LogP contribution in [0, 0.1) is 33.8 Å². The molecular weight excluding hydrogens is 648 g/mol. The SMILES string of the molecule is COc1cccc(O)c1[C@H]1C2=CC[C@@H]3C(=O)N(c4cccc([N+](=O)[O-])c4)C(=O)[C@@H]3[C@@H]2C[C@H]2C(=O)C(c3ccccc3)=CC(=O)[C@@]12c1ccccc1. The van der Waals surface area contributed by atoms with Crippen molar-refractivity contribution >= 4 is 40.3 Å². The van der Waals surface area contributed by atoms with Gasteiger partial charge in [0.15, 0.2) is 11.6 Å². The molecule has 0 bridgehead atoms. The summed E-state index contributed by atoms with van der Waals surface area (Å²) >= 11 is 0. The Hall–Kier alpha value is -6.16. The molecule has 0 spiro atoms. The van der Waals surface area contributed by atoms with Crippen LogP contribution in [0.25, 0.3) is 5.57 Å². The third-order valence-corrected chi connectivity index (χ3v) is 11.2. The van der Waals surface area contributed by atoms with Crippen LogP contribution in [0.1, 0.15) is 35.4 Å². The maximum Gasteiger partial charge on any atom is 0.271 e. The van der Waals surface area contributed by atoms with E-state index < -0.39 is 51.7 Å². The van der Waals surface area contributed by atoms with Crippen molar-refractivity contribution in [2.24, 2.45) is 23.7 Å². The number of phenolic OH excluding ortho intramolecular Hbond substituents is 1. The highest BCUT2D eigenvalue weighted by molar-refractivity contribution is 6.32. The summed E-state index contributed by atoms with van der Waals surface area (Å²) < 4.78 is 5.82. The number of allylic oxidation sites excluding steroid dienone is 4. The minimum absolute atomic E-state index is 0.0743. The lowest BCUT2D eigenvalue weighted by molar-refractivity contribution is -0.384. The fourth-order valence-corrected chi connectivity index (χ4v) is 9.19. The van der Waals surface area contributed by atoms with Crippen LogP contribution in [0.3, 0.4) is 0 Å². The number of nitrogens with zero attached hydrogens (tertiary/aromatic N) is 2. The zero-order valence-corrected chi connectivity index (χ0v) is 27.5. The number of nitro groups is 1. The van der Waals surface area contributed by atoms with Crippen LogP contribution in [0.4, 0.5) is 11.4 Å². The van der Waals surface area contributed by atoms with E-state index in [-0.39, 0.29) is 47.1 Å². The summed E-state index contributed by atoms with van der Waals surface area (Å²) in [5.41, 5.74) is 0.702. The molecule has 51 heavy (non-hydrogen) atoms. The molecule has 1 saturated heterocycles. The van der Waals surface area contributed by atoms with Crippen molar-refractivity contribution in [2.75, 3.05) is 12.0 Å². The average molecular weight is 681 g/mol. The van der Waals surface area contributed by atoms with E-state index in [1.54, 1.807) is 36.4 Å². The Bertz CT molecular complexity index is 2210. The number of phenols is 1. The van der Waals surface area contributed by atoms with E-state index in [4.69, 9.17) is 4.74 Å². The van der Waals surface area contributed by atoms with Gasteiger partial charge in [-0.05, 0) is 54.2 Å². The van der Waals surface area contributed by atoms with Gasteiger partial charge in [-0.15, -0.1) is 0 Å². The summed E-state index contributed by atoms with van der Waals surface area (Å²) in [6.45, 7) is 0. The van der Waals surface area contributed by atoms with E-state index >= 15 is 9.59 Å². The average Bonchev–Trinajstić information content (AvgIpc) is 3.41. The van der Waals surface area contributed by atoms with E-state index in [1.807, 2.05) is 42.5 Å². The van der Waals surface area contributed by atoms with Crippen LogP contribution < -0.4 is 9.64 Å². The van der Waals surface area contributed by atoms with Crippen molar-refractivity contribution in [1.29, 1.82) is 0 Å². The summed E-state index contributed by atoms with van der Waals surface area (Å²) in [4.78, 5) is 70.8. The summed E-state index contributed by atoms with van der Waals surface area (Å²) in [6, 6.07) is 28.3. The Morgan fingerprint density at radius 1 is 0.863 bits per heavy atom. The molecule has 4 aromatic carbocycles. The number of hydrogen-bond donors (Lipinski definition) is 1. The molecule has 2 fully saturated rings. The van der Waals surface area contributed by atoms with E-state index in [9.17, 15) is 24.8 Å². The summed E-state index contributed by atoms with van der Waals surface area (Å²) in [7, 11) is 1.47. The second-order valence-corrected chi connectivity index (χ2v) is 13.5. The van der Waals surface area contributed by atoms with Crippen LogP contribution in [-0.2, 0) is 24.6 Å². The molecule has 4 aliphatic rings. The Balaban J connectivity index is 1.37. The molecule has 0 aromatic heterocycles. The molecule has 1 N–H and O–H groups in total. The molecule has 1 heterocycles. The number of carbonyl (C=O) groups excluding carboxylic acids is 4. The van der Waals surface area contributed by atoms with E-state index in [1.165, 1.54) is 43.5 Å². The highest BCUT2D eigenvalue weighted by Crippen LogP contribution is 2.65. The largest absolute Gasteiger partial charge is 0.508 e. The molecule has 6 atom stereocenters. The molecule has 0 unspecified atom stereocenters. The summed E-state index contributed by atoms with van der Waals surface area (Å²) in [5.74, 6) is -5.79.